The lowest BCUT2D eigenvalue weighted by molar-refractivity contribution is -0.132. The quantitative estimate of drug-likeness (QED) is 0.843. The minimum Gasteiger partial charge on any atom is -0.378 e. The van der Waals surface area contributed by atoms with Crippen molar-refractivity contribution in [3.63, 3.8) is 0 Å². The number of carbonyl (C=O) groups is 1. The van der Waals surface area contributed by atoms with Gasteiger partial charge >= 0.3 is 0 Å². The van der Waals surface area contributed by atoms with Gasteiger partial charge in [0.1, 0.15) is 5.82 Å². The standard InChI is InChI=1S/C17H22N4O2/c18-13-14-5-6-19-16(12-14)20-7-9-21(10-8-20)17(22)4-3-15-2-1-11-23-15/h5-6,12,15H,1-4,7-11H2/t15-/m0/s1. The van der Waals surface area contributed by atoms with E-state index in [1.165, 1.54) is 0 Å². The first kappa shape index (κ1) is 15.8. The van der Waals surface area contributed by atoms with E-state index >= 15 is 0 Å². The molecule has 1 aromatic heterocycles. The van der Waals surface area contributed by atoms with E-state index in [0.29, 0.717) is 25.1 Å². The molecule has 0 N–H and O–H groups in total. The van der Waals surface area contributed by atoms with Crippen LogP contribution in [-0.2, 0) is 9.53 Å². The highest BCUT2D eigenvalue weighted by atomic mass is 16.5. The zero-order valence-electron chi connectivity index (χ0n) is 13.3. The minimum atomic E-state index is 0.221. The second-order valence-electron chi connectivity index (χ2n) is 6.06. The van der Waals surface area contributed by atoms with Crippen molar-refractivity contribution < 1.29 is 9.53 Å². The van der Waals surface area contributed by atoms with Crippen molar-refractivity contribution in [2.45, 2.75) is 31.8 Å². The molecule has 2 saturated heterocycles. The van der Waals surface area contributed by atoms with Crippen LogP contribution in [-0.4, -0.2) is 54.7 Å². The summed E-state index contributed by atoms with van der Waals surface area (Å²) >= 11 is 0. The van der Waals surface area contributed by atoms with Crippen molar-refractivity contribution >= 4 is 11.7 Å². The average molecular weight is 314 g/mol. The lowest BCUT2D eigenvalue weighted by Gasteiger charge is -2.35. The molecule has 2 aliphatic heterocycles. The molecule has 3 heterocycles. The van der Waals surface area contributed by atoms with Crippen molar-refractivity contribution in [3.05, 3.63) is 23.9 Å². The van der Waals surface area contributed by atoms with Gasteiger partial charge in [-0.05, 0) is 31.4 Å². The second kappa shape index (κ2) is 7.42. The molecule has 2 fully saturated rings. The van der Waals surface area contributed by atoms with Gasteiger partial charge < -0.3 is 14.5 Å². The summed E-state index contributed by atoms with van der Waals surface area (Å²) in [6.07, 6.45) is 5.55. The molecule has 0 radical (unpaired) electrons. The van der Waals surface area contributed by atoms with Crippen LogP contribution < -0.4 is 4.90 Å². The van der Waals surface area contributed by atoms with Gasteiger partial charge in [0, 0.05) is 45.4 Å². The molecular formula is C17H22N4O2. The highest BCUT2D eigenvalue weighted by Crippen LogP contribution is 2.19. The Bertz CT molecular complexity index is 585. The van der Waals surface area contributed by atoms with Gasteiger partial charge in [0.05, 0.1) is 17.7 Å². The average Bonchev–Trinajstić information content (AvgIpc) is 3.13. The number of ether oxygens (including phenoxy) is 1. The van der Waals surface area contributed by atoms with E-state index in [2.05, 4.69) is 16.0 Å². The molecule has 1 aromatic rings. The summed E-state index contributed by atoms with van der Waals surface area (Å²) in [5.74, 6) is 1.04. The summed E-state index contributed by atoms with van der Waals surface area (Å²) in [6.45, 7) is 3.78. The van der Waals surface area contributed by atoms with Gasteiger partial charge in [-0.2, -0.15) is 5.26 Å². The summed E-state index contributed by atoms with van der Waals surface area (Å²) in [5.41, 5.74) is 0.616. The zero-order chi connectivity index (χ0) is 16.1. The first-order valence-electron chi connectivity index (χ1n) is 8.27. The molecule has 0 unspecified atom stereocenters. The summed E-state index contributed by atoms with van der Waals surface area (Å²) in [5, 5.41) is 8.96. The van der Waals surface area contributed by atoms with E-state index in [9.17, 15) is 4.79 Å². The molecule has 122 valence electrons. The van der Waals surface area contributed by atoms with E-state index in [1.807, 2.05) is 4.90 Å². The summed E-state index contributed by atoms with van der Waals surface area (Å²) in [4.78, 5) is 20.7. The molecule has 2 aliphatic rings. The number of aromatic nitrogens is 1. The maximum atomic E-state index is 12.3. The summed E-state index contributed by atoms with van der Waals surface area (Å²) < 4.78 is 5.57. The molecular weight excluding hydrogens is 292 g/mol. The highest BCUT2D eigenvalue weighted by Gasteiger charge is 2.23. The Morgan fingerprint density at radius 3 is 2.91 bits per heavy atom. The Morgan fingerprint density at radius 1 is 1.39 bits per heavy atom. The highest BCUT2D eigenvalue weighted by molar-refractivity contribution is 5.76. The normalized spacial score (nSPS) is 21.3. The van der Waals surface area contributed by atoms with E-state index in [1.54, 1.807) is 18.3 Å². The van der Waals surface area contributed by atoms with Crippen LogP contribution >= 0.6 is 0 Å². The third-order valence-electron chi connectivity index (χ3n) is 4.54. The Kier molecular flexibility index (Phi) is 5.09. The van der Waals surface area contributed by atoms with Crippen molar-refractivity contribution in [1.82, 2.24) is 9.88 Å². The minimum absolute atomic E-state index is 0.221. The lowest BCUT2D eigenvalue weighted by Crippen LogP contribution is -2.49. The zero-order valence-corrected chi connectivity index (χ0v) is 13.3. The van der Waals surface area contributed by atoms with Crippen molar-refractivity contribution in [2.75, 3.05) is 37.7 Å². The SMILES string of the molecule is N#Cc1ccnc(N2CCN(C(=O)CC[C@@H]3CCCO3)CC2)c1. The molecule has 23 heavy (non-hydrogen) atoms. The Hall–Kier alpha value is -2.13. The fourth-order valence-electron chi connectivity index (χ4n) is 3.16. The van der Waals surface area contributed by atoms with Crippen LogP contribution in [0.15, 0.2) is 18.3 Å². The predicted molar refractivity (Wildman–Crippen MR) is 86.0 cm³/mol. The Balaban J connectivity index is 1.47. The van der Waals surface area contributed by atoms with Crippen molar-refractivity contribution in [2.24, 2.45) is 0 Å². The molecule has 0 bridgehead atoms. The number of amides is 1. The van der Waals surface area contributed by atoms with Gasteiger partial charge in [-0.15, -0.1) is 0 Å². The number of carbonyl (C=O) groups excluding carboxylic acids is 1. The van der Waals surface area contributed by atoms with Crippen LogP contribution in [0.5, 0.6) is 0 Å². The van der Waals surface area contributed by atoms with Crippen molar-refractivity contribution in [3.8, 4) is 6.07 Å². The summed E-state index contributed by atoms with van der Waals surface area (Å²) in [6, 6.07) is 5.64. The number of anilines is 1. The molecule has 1 atom stereocenters. The van der Waals surface area contributed by atoms with E-state index in [0.717, 1.165) is 44.8 Å². The molecule has 1 amide bonds. The van der Waals surface area contributed by atoms with Gasteiger partial charge in [-0.3, -0.25) is 4.79 Å². The van der Waals surface area contributed by atoms with Gasteiger partial charge in [0.15, 0.2) is 0 Å². The second-order valence-corrected chi connectivity index (χ2v) is 6.06. The van der Waals surface area contributed by atoms with Crippen LogP contribution in [0.25, 0.3) is 0 Å². The molecule has 0 saturated carbocycles. The topological polar surface area (TPSA) is 69.5 Å². The molecule has 3 rings (SSSR count). The van der Waals surface area contributed by atoms with Crippen molar-refractivity contribution in [1.29, 1.82) is 5.26 Å². The Morgan fingerprint density at radius 2 is 2.22 bits per heavy atom. The molecule has 0 aliphatic carbocycles. The summed E-state index contributed by atoms with van der Waals surface area (Å²) in [7, 11) is 0. The number of rotatable bonds is 4. The monoisotopic (exact) mass is 314 g/mol. The van der Waals surface area contributed by atoms with Crippen LogP contribution in [0, 0.1) is 11.3 Å². The van der Waals surface area contributed by atoms with Gasteiger partial charge in [-0.25, -0.2) is 4.98 Å². The number of nitrogens with zero attached hydrogens (tertiary/aromatic N) is 4. The maximum Gasteiger partial charge on any atom is 0.222 e. The number of hydrogen-bond acceptors (Lipinski definition) is 5. The number of pyridine rings is 1. The predicted octanol–water partition coefficient (Wildman–Crippen LogP) is 1.56. The van der Waals surface area contributed by atoms with Gasteiger partial charge in [0.2, 0.25) is 5.91 Å². The Labute approximate surface area is 136 Å². The first-order chi connectivity index (χ1) is 11.3. The number of nitriles is 1. The molecule has 0 aromatic carbocycles. The van der Waals surface area contributed by atoms with Crippen LogP contribution in [0.4, 0.5) is 5.82 Å². The van der Waals surface area contributed by atoms with Gasteiger partial charge in [-0.1, -0.05) is 0 Å². The first-order valence-corrected chi connectivity index (χ1v) is 8.27. The van der Waals surface area contributed by atoms with Crippen LogP contribution in [0.3, 0.4) is 0 Å². The number of piperazine rings is 1. The maximum absolute atomic E-state index is 12.3. The third-order valence-corrected chi connectivity index (χ3v) is 4.54. The molecule has 0 spiro atoms. The molecule has 6 nitrogen and oxygen atoms in total. The third kappa shape index (κ3) is 3.99. The van der Waals surface area contributed by atoms with Crippen LogP contribution in [0.1, 0.15) is 31.2 Å². The van der Waals surface area contributed by atoms with E-state index in [-0.39, 0.29) is 12.0 Å². The fourth-order valence-corrected chi connectivity index (χ4v) is 3.16. The van der Waals surface area contributed by atoms with E-state index < -0.39 is 0 Å². The lowest BCUT2D eigenvalue weighted by atomic mass is 10.1. The fraction of sp³-hybridized carbons (Fsp3) is 0.588. The largest absolute Gasteiger partial charge is 0.378 e. The van der Waals surface area contributed by atoms with E-state index in [4.69, 9.17) is 10.00 Å². The molecule has 6 heteroatoms. The smallest absolute Gasteiger partial charge is 0.222 e. The van der Waals surface area contributed by atoms with Gasteiger partial charge in [0.25, 0.3) is 0 Å². The number of hydrogen-bond donors (Lipinski definition) is 0. The van der Waals surface area contributed by atoms with Crippen LogP contribution in [0.2, 0.25) is 0 Å².